The van der Waals surface area contributed by atoms with Crippen LogP contribution in [0.25, 0.3) is 11.3 Å². The number of aromatic amines is 1. The lowest BCUT2D eigenvalue weighted by Gasteiger charge is -2.07. The van der Waals surface area contributed by atoms with E-state index >= 15 is 0 Å². The molecule has 3 rings (SSSR count). The van der Waals surface area contributed by atoms with Crippen molar-refractivity contribution < 1.29 is 0 Å². The Hall–Kier alpha value is -2.40. The first kappa shape index (κ1) is 13.6. The zero-order valence-corrected chi connectivity index (χ0v) is 12.1. The predicted octanol–water partition coefficient (Wildman–Crippen LogP) is 2.58. The molecule has 0 aliphatic rings. The summed E-state index contributed by atoms with van der Waals surface area (Å²) in [7, 11) is 0. The Labute approximate surface area is 124 Å². The summed E-state index contributed by atoms with van der Waals surface area (Å²) in [4.78, 5) is 4.36. The molecule has 2 heterocycles. The molecule has 0 aliphatic carbocycles. The fourth-order valence-corrected chi connectivity index (χ4v) is 2.33. The summed E-state index contributed by atoms with van der Waals surface area (Å²) in [6.45, 7) is 4.69. The van der Waals surface area contributed by atoms with Gasteiger partial charge in [-0.3, -0.25) is 5.10 Å². The van der Waals surface area contributed by atoms with Crippen LogP contribution < -0.4 is 5.32 Å². The molecule has 0 saturated heterocycles. The Morgan fingerprint density at radius 1 is 1.10 bits per heavy atom. The minimum atomic E-state index is 0.781. The van der Waals surface area contributed by atoms with Gasteiger partial charge in [-0.25, -0.2) is 4.98 Å². The number of hydrogen-bond donors (Lipinski definition) is 2. The normalized spacial score (nSPS) is 10.9. The van der Waals surface area contributed by atoms with E-state index in [1.165, 1.54) is 5.56 Å². The minimum absolute atomic E-state index is 0.781. The maximum absolute atomic E-state index is 4.36. The van der Waals surface area contributed by atoms with Gasteiger partial charge in [0.1, 0.15) is 5.82 Å². The molecule has 21 heavy (non-hydrogen) atoms. The van der Waals surface area contributed by atoms with Crippen LogP contribution in [0.5, 0.6) is 0 Å². The molecule has 2 aromatic heterocycles. The first-order valence-corrected chi connectivity index (χ1v) is 7.16. The molecule has 1 aromatic carbocycles. The van der Waals surface area contributed by atoms with Crippen LogP contribution in [0.4, 0.5) is 0 Å². The molecule has 0 spiro atoms. The van der Waals surface area contributed by atoms with Gasteiger partial charge in [0.15, 0.2) is 0 Å². The number of rotatable bonds is 6. The van der Waals surface area contributed by atoms with E-state index < -0.39 is 0 Å². The Morgan fingerprint density at radius 3 is 2.67 bits per heavy atom. The first-order valence-electron chi connectivity index (χ1n) is 7.16. The van der Waals surface area contributed by atoms with Gasteiger partial charge in [0.05, 0.1) is 12.2 Å². The van der Waals surface area contributed by atoms with Crippen LogP contribution in [-0.2, 0) is 19.6 Å². The average molecular weight is 281 g/mol. The van der Waals surface area contributed by atoms with Crippen LogP contribution >= 0.6 is 0 Å². The zero-order valence-electron chi connectivity index (χ0n) is 12.1. The minimum Gasteiger partial charge on any atom is -0.334 e. The van der Waals surface area contributed by atoms with Crippen molar-refractivity contribution in [2.75, 3.05) is 0 Å². The molecule has 5 heteroatoms. The first-order chi connectivity index (χ1) is 10.4. The van der Waals surface area contributed by atoms with Gasteiger partial charge in [0.25, 0.3) is 0 Å². The molecule has 0 fully saturated rings. The summed E-state index contributed by atoms with van der Waals surface area (Å²) in [6.07, 6.45) is 5.62. The van der Waals surface area contributed by atoms with E-state index in [9.17, 15) is 0 Å². The molecular weight excluding hydrogens is 262 g/mol. The fraction of sp³-hybridized carbons (Fsp3) is 0.250. The number of hydrogen-bond acceptors (Lipinski definition) is 3. The van der Waals surface area contributed by atoms with Crippen molar-refractivity contribution in [1.82, 2.24) is 25.1 Å². The fourth-order valence-electron chi connectivity index (χ4n) is 2.33. The SMILES string of the molecule is CCn1ccnc1CNCc1ccc(-c2ccn[nH]2)cc1. The molecule has 0 saturated carbocycles. The highest BCUT2D eigenvalue weighted by atomic mass is 15.1. The molecule has 2 N–H and O–H groups in total. The Balaban J connectivity index is 1.56. The van der Waals surface area contributed by atoms with Gasteiger partial charge >= 0.3 is 0 Å². The smallest absolute Gasteiger partial charge is 0.122 e. The van der Waals surface area contributed by atoms with Crippen LogP contribution in [0.2, 0.25) is 0 Å². The molecule has 0 radical (unpaired) electrons. The number of benzene rings is 1. The Bertz CT molecular complexity index is 667. The third-order valence-corrected chi connectivity index (χ3v) is 3.52. The van der Waals surface area contributed by atoms with E-state index in [1.807, 2.05) is 18.5 Å². The van der Waals surface area contributed by atoms with Crippen molar-refractivity contribution >= 4 is 0 Å². The molecule has 108 valence electrons. The summed E-state index contributed by atoms with van der Waals surface area (Å²) in [5.74, 6) is 1.08. The third kappa shape index (κ3) is 3.20. The number of H-pyrrole nitrogens is 1. The highest BCUT2D eigenvalue weighted by Gasteiger charge is 2.02. The van der Waals surface area contributed by atoms with Crippen LogP contribution in [0, 0.1) is 0 Å². The van der Waals surface area contributed by atoms with Crippen molar-refractivity contribution in [3.8, 4) is 11.3 Å². The second-order valence-electron chi connectivity index (χ2n) is 4.90. The summed E-state index contributed by atoms with van der Waals surface area (Å²) in [5, 5.41) is 10.4. The van der Waals surface area contributed by atoms with E-state index in [-0.39, 0.29) is 0 Å². The summed E-state index contributed by atoms with van der Waals surface area (Å²) in [6, 6.07) is 10.5. The molecule has 0 unspecified atom stereocenters. The number of aryl methyl sites for hydroxylation is 1. The number of aromatic nitrogens is 4. The van der Waals surface area contributed by atoms with Gasteiger partial charge in [-0.05, 0) is 24.1 Å². The van der Waals surface area contributed by atoms with Crippen molar-refractivity contribution in [2.24, 2.45) is 0 Å². The molecule has 3 aromatic rings. The van der Waals surface area contributed by atoms with Gasteiger partial charge in [-0.15, -0.1) is 0 Å². The van der Waals surface area contributed by atoms with Gasteiger partial charge < -0.3 is 9.88 Å². The van der Waals surface area contributed by atoms with Crippen molar-refractivity contribution in [3.05, 3.63) is 60.3 Å². The number of imidazole rings is 1. The second-order valence-corrected chi connectivity index (χ2v) is 4.90. The topological polar surface area (TPSA) is 58.5 Å². The molecule has 0 bridgehead atoms. The lowest BCUT2D eigenvalue weighted by molar-refractivity contribution is 0.613. The highest BCUT2D eigenvalue weighted by Crippen LogP contribution is 2.16. The molecule has 5 nitrogen and oxygen atoms in total. The van der Waals surface area contributed by atoms with Crippen LogP contribution in [0.15, 0.2) is 48.9 Å². The average Bonchev–Trinajstić information content (AvgIpc) is 3.19. The third-order valence-electron chi connectivity index (χ3n) is 3.52. The van der Waals surface area contributed by atoms with E-state index in [4.69, 9.17) is 0 Å². The van der Waals surface area contributed by atoms with Crippen LogP contribution in [0.3, 0.4) is 0 Å². The maximum Gasteiger partial charge on any atom is 0.122 e. The van der Waals surface area contributed by atoms with Gasteiger partial charge in [-0.1, -0.05) is 24.3 Å². The van der Waals surface area contributed by atoms with Crippen molar-refractivity contribution in [2.45, 2.75) is 26.6 Å². The van der Waals surface area contributed by atoms with Crippen LogP contribution in [-0.4, -0.2) is 19.7 Å². The van der Waals surface area contributed by atoms with E-state index in [1.54, 1.807) is 6.20 Å². The quantitative estimate of drug-likeness (QED) is 0.730. The second kappa shape index (κ2) is 6.37. The molecule has 0 aliphatic heterocycles. The van der Waals surface area contributed by atoms with Gasteiger partial charge in [0, 0.05) is 31.7 Å². The van der Waals surface area contributed by atoms with Crippen LogP contribution in [0.1, 0.15) is 18.3 Å². The van der Waals surface area contributed by atoms with Crippen molar-refractivity contribution in [1.29, 1.82) is 0 Å². The Morgan fingerprint density at radius 2 is 1.95 bits per heavy atom. The Kier molecular flexibility index (Phi) is 4.12. The lowest BCUT2D eigenvalue weighted by Crippen LogP contribution is -2.16. The largest absolute Gasteiger partial charge is 0.334 e. The molecule has 0 atom stereocenters. The molecular formula is C16H19N5. The maximum atomic E-state index is 4.36. The standard InChI is InChI=1S/C16H19N5/c1-2-21-10-9-18-16(21)12-17-11-13-3-5-14(6-4-13)15-7-8-19-20-15/h3-10,17H,2,11-12H2,1H3,(H,19,20). The van der Waals surface area contributed by atoms with E-state index in [0.717, 1.165) is 36.7 Å². The zero-order chi connectivity index (χ0) is 14.5. The lowest BCUT2D eigenvalue weighted by atomic mass is 10.1. The number of nitrogens with zero attached hydrogens (tertiary/aromatic N) is 3. The predicted molar refractivity (Wildman–Crippen MR) is 82.5 cm³/mol. The number of nitrogens with one attached hydrogen (secondary N) is 2. The van der Waals surface area contributed by atoms with E-state index in [0.29, 0.717) is 0 Å². The summed E-state index contributed by atoms with van der Waals surface area (Å²) < 4.78 is 2.15. The van der Waals surface area contributed by atoms with Gasteiger partial charge in [0.2, 0.25) is 0 Å². The summed E-state index contributed by atoms with van der Waals surface area (Å²) in [5.41, 5.74) is 3.45. The van der Waals surface area contributed by atoms with Crippen molar-refractivity contribution in [3.63, 3.8) is 0 Å². The van der Waals surface area contributed by atoms with E-state index in [2.05, 4.69) is 56.3 Å². The van der Waals surface area contributed by atoms with Gasteiger partial charge in [-0.2, -0.15) is 5.10 Å². The molecule has 0 amide bonds. The monoisotopic (exact) mass is 281 g/mol. The highest BCUT2D eigenvalue weighted by molar-refractivity contribution is 5.58. The summed E-state index contributed by atoms with van der Waals surface area (Å²) >= 11 is 0.